The van der Waals surface area contributed by atoms with E-state index in [-0.39, 0.29) is 21.9 Å². The highest BCUT2D eigenvalue weighted by Crippen LogP contribution is 2.27. The van der Waals surface area contributed by atoms with Crippen LogP contribution in [0.1, 0.15) is 18.4 Å². The number of nitrogens with one attached hydrogen (secondary N) is 1. The summed E-state index contributed by atoms with van der Waals surface area (Å²) in [6.07, 6.45) is 0.800. The van der Waals surface area contributed by atoms with Crippen molar-refractivity contribution in [2.24, 2.45) is 0 Å². The van der Waals surface area contributed by atoms with Crippen molar-refractivity contribution in [3.63, 3.8) is 0 Å². The number of halogens is 1. The van der Waals surface area contributed by atoms with Crippen molar-refractivity contribution in [2.75, 3.05) is 19.3 Å². The lowest BCUT2D eigenvalue weighted by molar-refractivity contribution is -0.132. The number of anilines is 1. The van der Waals surface area contributed by atoms with Crippen LogP contribution in [-0.2, 0) is 14.8 Å². The Kier molecular flexibility index (Phi) is 4.46. The molecule has 1 fully saturated rings. The van der Waals surface area contributed by atoms with Crippen LogP contribution in [0.25, 0.3) is 0 Å². The first-order valence-corrected chi connectivity index (χ1v) is 8.38. The van der Waals surface area contributed by atoms with Crippen LogP contribution in [0.3, 0.4) is 0 Å². The van der Waals surface area contributed by atoms with Gasteiger partial charge in [-0.25, -0.2) is 13.1 Å². The highest BCUT2D eigenvalue weighted by Gasteiger charge is 2.28. The number of nitrogens with zero attached hydrogens (tertiary/aromatic N) is 1. The number of aryl methyl sites for hydroxylation is 1. The summed E-state index contributed by atoms with van der Waals surface area (Å²) >= 11 is 6.02. The molecule has 8 heteroatoms. The Balaban J connectivity index is 2.23. The van der Waals surface area contributed by atoms with E-state index in [0.717, 1.165) is 5.56 Å². The molecule has 1 aliphatic rings. The Morgan fingerprint density at radius 1 is 1.43 bits per heavy atom. The van der Waals surface area contributed by atoms with E-state index in [2.05, 4.69) is 4.72 Å². The molecule has 1 aliphatic heterocycles. The maximum absolute atomic E-state index is 12.4. The van der Waals surface area contributed by atoms with Gasteiger partial charge in [0, 0.05) is 31.7 Å². The average Bonchev–Trinajstić information content (AvgIpc) is 2.37. The van der Waals surface area contributed by atoms with Crippen molar-refractivity contribution in [3.8, 4) is 0 Å². The molecule has 0 bridgehead atoms. The minimum atomic E-state index is -3.77. The van der Waals surface area contributed by atoms with Crippen molar-refractivity contribution in [1.82, 2.24) is 9.62 Å². The van der Waals surface area contributed by atoms with Crippen LogP contribution < -0.4 is 10.5 Å². The van der Waals surface area contributed by atoms with E-state index >= 15 is 0 Å². The molecule has 2 rings (SSSR count). The lowest BCUT2D eigenvalue weighted by Crippen LogP contribution is -2.48. The fourth-order valence-electron chi connectivity index (χ4n) is 2.27. The van der Waals surface area contributed by atoms with E-state index in [1.54, 1.807) is 14.0 Å². The van der Waals surface area contributed by atoms with Crippen LogP contribution in [0.5, 0.6) is 0 Å². The predicted octanol–water partition coefficient (Wildman–Crippen LogP) is 1.13. The van der Waals surface area contributed by atoms with Crippen LogP contribution in [0, 0.1) is 6.92 Å². The molecule has 6 nitrogen and oxygen atoms in total. The zero-order chi connectivity index (χ0) is 15.8. The van der Waals surface area contributed by atoms with Gasteiger partial charge >= 0.3 is 0 Å². The summed E-state index contributed by atoms with van der Waals surface area (Å²) in [6.45, 7) is 2.10. The lowest BCUT2D eigenvalue weighted by atomic mass is 10.1. The molecule has 0 saturated carbocycles. The standard InChI is InChI=1S/C13H18ClN3O3S/c1-8-5-10(14)12(6-11(8)15)21(19,20)16-9-3-4-13(18)17(2)7-9/h5-6,9,16H,3-4,7,15H2,1-2H3. The summed E-state index contributed by atoms with van der Waals surface area (Å²) in [5.41, 5.74) is 6.85. The van der Waals surface area contributed by atoms with Gasteiger partial charge in [0.1, 0.15) is 4.90 Å². The SMILES string of the molecule is Cc1cc(Cl)c(S(=O)(=O)NC2CCC(=O)N(C)C2)cc1N. The fourth-order valence-corrected chi connectivity index (χ4v) is 4.14. The zero-order valence-corrected chi connectivity index (χ0v) is 13.5. The molecule has 116 valence electrons. The molecule has 1 atom stereocenters. The Labute approximate surface area is 129 Å². The van der Waals surface area contributed by atoms with Crippen molar-refractivity contribution in [1.29, 1.82) is 0 Å². The Bertz CT molecular complexity index is 675. The Morgan fingerprint density at radius 2 is 2.10 bits per heavy atom. The molecule has 1 aromatic carbocycles. The molecule has 1 heterocycles. The van der Waals surface area contributed by atoms with E-state index in [1.165, 1.54) is 17.0 Å². The van der Waals surface area contributed by atoms with Gasteiger partial charge in [0.2, 0.25) is 15.9 Å². The first-order chi connectivity index (χ1) is 9.70. The zero-order valence-electron chi connectivity index (χ0n) is 11.9. The van der Waals surface area contributed by atoms with Crippen LogP contribution in [-0.4, -0.2) is 38.9 Å². The number of carbonyl (C=O) groups is 1. The summed E-state index contributed by atoms with van der Waals surface area (Å²) in [6, 6.07) is 2.57. The van der Waals surface area contributed by atoms with E-state index in [9.17, 15) is 13.2 Å². The van der Waals surface area contributed by atoms with Crippen LogP contribution >= 0.6 is 11.6 Å². The van der Waals surface area contributed by atoms with Gasteiger partial charge in [0.25, 0.3) is 0 Å². The number of hydrogen-bond donors (Lipinski definition) is 2. The van der Waals surface area contributed by atoms with E-state index in [1.807, 2.05) is 0 Å². The van der Waals surface area contributed by atoms with Gasteiger partial charge in [-0.15, -0.1) is 0 Å². The summed E-state index contributed by atoms with van der Waals surface area (Å²) in [4.78, 5) is 12.9. The van der Waals surface area contributed by atoms with Crippen LogP contribution in [0.2, 0.25) is 5.02 Å². The predicted molar refractivity (Wildman–Crippen MR) is 81.6 cm³/mol. The molecule has 0 aliphatic carbocycles. The summed E-state index contributed by atoms with van der Waals surface area (Å²) < 4.78 is 27.4. The number of hydrogen-bond acceptors (Lipinski definition) is 4. The third kappa shape index (κ3) is 3.48. The number of likely N-dealkylation sites (N-methyl/N-ethyl adjacent to an activating group) is 1. The van der Waals surface area contributed by atoms with Crippen molar-refractivity contribution >= 4 is 33.2 Å². The number of amides is 1. The second-order valence-electron chi connectivity index (χ2n) is 5.27. The first-order valence-electron chi connectivity index (χ1n) is 6.52. The molecule has 1 unspecified atom stereocenters. The molecule has 1 amide bonds. The Morgan fingerprint density at radius 3 is 2.71 bits per heavy atom. The van der Waals surface area contributed by atoms with E-state index in [0.29, 0.717) is 25.1 Å². The minimum Gasteiger partial charge on any atom is -0.398 e. The maximum atomic E-state index is 12.4. The molecule has 0 aromatic heterocycles. The third-order valence-electron chi connectivity index (χ3n) is 3.56. The van der Waals surface area contributed by atoms with Gasteiger partial charge < -0.3 is 10.6 Å². The number of nitrogens with two attached hydrogens (primary N) is 1. The summed E-state index contributed by atoms with van der Waals surface area (Å²) in [5, 5.41) is 0.134. The number of likely N-dealkylation sites (tertiary alicyclic amines) is 1. The lowest BCUT2D eigenvalue weighted by Gasteiger charge is -2.30. The monoisotopic (exact) mass is 331 g/mol. The first kappa shape index (κ1) is 16.1. The number of piperidine rings is 1. The molecule has 3 N–H and O–H groups in total. The van der Waals surface area contributed by atoms with Gasteiger partial charge in [-0.05, 0) is 31.0 Å². The smallest absolute Gasteiger partial charge is 0.242 e. The molecule has 1 saturated heterocycles. The van der Waals surface area contributed by atoms with Crippen molar-refractivity contribution in [3.05, 3.63) is 22.7 Å². The van der Waals surface area contributed by atoms with E-state index < -0.39 is 10.0 Å². The molecule has 1 aromatic rings. The highest BCUT2D eigenvalue weighted by atomic mass is 35.5. The van der Waals surface area contributed by atoms with Gasteiger partial charge in [0.05, 0.1) is 5.02 Å². The summed E-state index contributed by atoms with van der Waals surface area (Å²) in [7, 11) is -2.12. The number of nitrogen functional groups attached to an aromatic ring is 1. The molecule has 0 spiro atoms. The van der Waals surface area contributed by atoms with Crippen molar-refractivity contribution < 1.29 is 13.2 Å². The quantitative estimate of drug-likeness (QED) is 0.812. The van der Waals surface area contributed by atoms with Gasteiger partial charge in [-0.1, -0.05) is 11.6 Å². The summed E-state index contributed by atoms with van der Waals surface area (Å²) in [5.74, 6) is 0.0167. The second kappa shape index (κ2) is 5.82. The van der Waals surface area contributed by atoms with Gasteiger partial charge in [0.15, 0.2) is 0 Å². The fraction of sp³-hybridized carbons (Fsp3) is 0.462. The molecular formula is C13H18ClN3O3S. The maximum Gasteiger partial charge on any atom is 0.242 e. The second-order valence-corrected chi connectivity index (χ2v) is 7.36. The number of sulfonamides is 1. The number of carbonyl (C=O) groups excluding carboxylic acids is 1. The number of rotatable bonds is 3. The van der Waals surface area contributed by atoms with Crippen molar-refractivity contribution in [2.45, 2.75) is 30.7 Å². The van der Waals surface area contributed by atoms with Crippen LogP contribution in [0.4, 0.5) is 5.69 Å². The minimum absolute atomic E-state index is 0.0167. The Hall–Kier alpha value is -1.31. The normalized spacial score (nSPS) is 19.9. The van der Waals surface area contributed by atoms with Gasteiger partial charge in [-0.2, -0.15) is 0 Å². The molecular weight excluding hydrogens is 314 g/mol. The molecule has 21 heavy (non-hydrogen) atoms. The number of benzene rings is 1. The average molecular weight is 332 g/mol. The highest BCUT2D eigenvalue weighted by molar-refractivity contribution is 7.89. The van der Waals surface area contributed by atoms with Gasteiger partial charge in [-0.3, -0.25) is 4.79 Å². The largest absolute Gasteiger partial charge is 0.398 e. The van der Waals surface area contributed by atoms with Crippen LogP contribution in [0.15, 0.2) is 17.0 Å². The molecule has 0 radical (unpaired) electrons. The van der Waals surface area contributed by atoms with E-state index in [4.69, 9.17) is 17.3 Å². The third-order valence-corrected chi connectivity index (χ3v) is 5.54. The topological polar surface area (TPSA) is 92.5 Å².